The average molecular weight is 243 g/mol. The smallest absolute Gasteiger partial charge is 0.258 e. The molecule has 15 heavy (non-hydrogen) atoms. The molecule has 1 aromatic carbocycles. The number of hydrogen-bond donors (Lipinski definition) is 0. The first kappa shape index (κ1) is 10.6. The number of nitrogens with zero attached hydrogens (tertiary/aromatic N) is 1. The SMILES string of the molecule is O=[N+]([O-])c1ccc([C@H]2SCCS2=O)cc1. The molecule has 1 unspecified atom stereocenters. The molecule has 1 aromatic rings. The summed E-state index contributed by atoms with van der Waals surface area (Å²) >= 11 is 1.65. The number of nitro groups is 1. The maximum absolute atomic E-state index is 11.5. The summed E-state index contributed by atoms with van der Waals surface area (Å²) in [5.41, 5.74) is 0.994. The molecule has 0 aromatic heterocycles. The van der Waals surface area contributed by atoms with Crippen LogP contribution >= 0.6 is 11.8 Å². The normalized spacial score (nSPS) is 25.3. The monoisotopic (exact) mass is 243 g/mol. The van der Waals surface area contributed by atoms with E-state index in [4.69, 9.17) is 0 Å². The van der Waals surface area contributed by atoms with Gasteiger partial charge in [0.25, 0.3) is 5.69 Å². The molecule has 0 spiro atoms. The summed E-state index contributed by atoms with van der Waals surface area (Å²) in [4.78, 5) is 10.0. The van der Waals surface area contributed by atoms with Crippen LogP contribution in [0.4, 0.5) is 5.69 Å². The molecule has 1 fully saturated rings. The zero-order valence-corrected chi connectivity index (χ0v) is 9.42. The molecule has 2 atom stereocenters. The second-order valence-corrected chi connectivity index (χ2v) is 6.29. The Morgan fingerprint density at radius 2 is 2.07 bits per heavy atom. The Labute approximate surface area is 93.7 Å². The predicted molar refractivity (Wildman–Crippen MR) is 61.3 cm³/mol. The Hall–Kier alpha value is -0.880. The molecule has 0 radical (unpaired) electrons. The van der Waals surface area contributed by atoms with Gasteiger partial charge in [0.15, 0.2) is 0 Å². The van der Waals surface area contributed by atoms with E-state index in [1.165, 1.54) is 12.1 Å². The fourth-order valence-corrected chi connectivity index (χ4v) is 4.89. The van der Waals surface area contributed by atoms with Gasteiger partial charge in [-0.2, -0.15) is 0 Å². The fraction of sp³-hybridized carbons (Fsp3) is 0.333. The van der Waals surface area contributed by atoms with Crippen molar-refractivity contribution in [2.75, 3.05) is 11.5 Å². The van der Waals surface area contributed by atoms with Gasteiger partial charge in [-0.1, -0.05) is 12.1 Å². The summed E-state index contributed by atoms with van der Waals surface area (Å²) in [6, 6.07) is 6.31. The van der Waals surface area contributed by atoms with E-state index >= 15 is 0 Å². The molecule has 1 heterocycles. The number of nitro benzene ring substituents is 1. The van der Waals surface area contributed by atoms with Gasteiger partial charge >= 0.3 is 0 Å². The van der Waals surface area contributed by atoms with Gasteiger partial charge in [0.05, 0.1) is 4.92 Å². The highest BCUT2D eigenvalue weighted by atomic mass is 32.2. The number of hydrogen-bond acceptors (Lipinski definition) is 4. The van der Waals surface area contributed by atoms with Crippen LogP contribution in [0.5, 0.6) is 0 Å². The highest BCUT2D eigenvalue weighted by Crippen LogP contribution is 2.38. The van der Waals surface area contributed by atoms with Crippen LogP contribution in [0.25, 0.3) is 0 Å². The van der Waals surface area contributed by atoms with Crippen molar-refractivity contribution in [1.82, 2.24) is 0 Å². The van der Waals surface area contributed by atoms with Crippen LogP contribution in [-0.4, -0.2) is 20.6 Å². The van der Waals surface area contributed by atoms with E-state index < -0.39 is 15.7 Å². The quantitative estimate of drug-likeness (QED) is 0.589. The summed E-state index contributed by atoms with van der Waals surface area (Å²) < 4.78 is 11.5. The topological polar surface area (TPSA) is 60.2 Å². The molecule has 2 rings (SSSR count). The number of rotatable bonds is 2. The number of thioether (sulfide) groups is 1. The van der Waals surface area contributed by atoms with Crippen molar-refractivity contribution < 1.29 is 9.13 Å². The van der Waals surface area contributed by atoms with E-state index in [0.29, 0.717) is 5.75 Å². The standard InChI is InChI=1S/C9H9NO3S2/c11-10(12)8-3-1-7(2-4-8)9-14-5-6-15(9)13/h1-4,9H,5-6H2/t9-,15?/m0/s1. The second-order valence-electron chi connectivity index (χ2n) is 3.14. The highest BCUT2D eigenvalue weighted by Gasteiger charge is 2.25. The molecule has 0 bridgehead atoms. The van der Waals surface area contributed by atoms with Crippen LogP contribution in [0.15, 0.2) is 24.3 Å². The van der Waals surface area contributed by atoms with Crippen molar-refractivity contribution in [3.8, 4) is 0 Å². The van der Waals surface area contributed by atoms with Gasteiger partial charge in [0.2, 0.25) is 0 Å². The fourth-order valence-electron chi connectivity index (χ4n) is 1.42. The van der Waals surface area contributed by atoms with Gasteiger partial charge < -0.3 is 0 Å². The van der Waals surface area contributed by atoms with E-state index in [2.05, 4.69) is 0 Å². The Morgan fingerprint density at radius 3 is 2.53 bits per heavy atom. The van der Waals surface area contributed by atoms with Gasteiger partial charge in [-0.15, -0.1) is 11.8 Å². The number of benzene rings is 1. The summed E-state index contributed by atoms with van der Waals surface area (Å²) in [6.07, 6.45) is 0. The van der Waals surface area contributed by atoms with Gasteiger partial charge in [0, 0.05) is 34.4 Å². The summed E-state index contributed by atoms with van der Waals surface area (Å²) in [6.45, 7) is 0. The maximum atomic E-state index is 11.5. The summed E-state index contributed by atoms with van der Waals surface area (Å²) in [7, 11) is -0.836. The highest BCUT2D eigenvalue weighted by molar-refractivity contribution is 8.13. The molecule has 1 aliphatic rings. The first-order valence-corrected chi connectivity index (χ1v) is 6.85. The van der Waals surface area contributed by atoms with Gasteiger partial charge in [-0.3, -0.25) is 14.3 Å². The molecule has 1 aliphatic heterocycles. The molecule has 4 nitrogen and oxygen atoms in total. The minimum Gasteiger partial charge on any atom is -0.258 e. The van der Waals surface area contributed by atoms with Crippen LogP contribution in [-0.2, 0) is 10.8 Å². The summed E-state index contributed by atoms with van der Waals surface area (Å²) in [5, 5.41) is 10.4. The van der Waals surface area contributed by atoms with Gasteiger partial charge in [0.1, 0.15) is 4.58 Å². The third-order valence-corrected chi connectivity index (χ3v) is 5.85. The van der Waals surface area contributed by atoms with E-state index in [0.717, 1.165) is 11.3 Å². The molecule has 0 N–H and O–H groups in total. The molecule has 1 saturated heterocycles. The first-order chi connectivity index (χ1) is 7.18. The lowest BCUT2D eigenvalue weighted by atomic mass is 10.2. The molecular formula is C9H9NO3S2. The Morgan fingerprint density at radius 1 is 1.40 bits per heavy atom. The average Bonchev–Trinajstić information content (AvgIpc) is 2.65. The largest absolute Gasteiger partial charge is 0.269 e. The predicted octanol–water partition coefficient (Wildman–Crippen LogP) is 2.09. The Kier molecular flexibility index (Phi) is 3.06. The van der Waals surface area contributed by atoms with Crippen molar-refractivity contribution in [3.05, 3.63) is 39.9 Å². The van der Waals surface area contributed by atoms with Gasteiger partial charge in [-0.05, 0) is 5.56 Å². The van der Waals surface area contributed by atoms with Crippen LogP contribution < -0.4 is 0 Å². The summed E-state index contributed by atoms with van der Waals surface area (Å²) in [5.74, 6) is 1.61. The molecule has 80 valence electrons. The minimum absolute atomic E-state index is 0.00851. The van der Waals surface area contributed by atoms with Crippen molar-refractivity contribution >= 4 is 28.2 Å². The van der Waals surface area contributed by atoms with Crippen molar-refractivity contribution in [3.63, 3.8) is 0 Å². The Balaban J connectivity index is 2.23. The maximum Gasteiger partial charge on any atom is 0.269 e. The van der Waals surface area contributed by atoms with Crippen LogP contribution in [0, 0.1) is 10.1 Å². The lowest BCUT2D eigenvalue weighted by Crippen LogP contribution is -1.98. The molecular weight excluding hydrogens is 234 g/mol. The third kappa shape index (κ3) is 2.21. The minimum atomic E-state index is -0.836. The second kappa shape index (κ2) is 4.32. The van der Waals surface area contributed by atoms with Crippen molar-refractivity contribution in [2.24, 2.45) is 0 Å². The van der Waals surface area contributed by atoms with E-state index in [9.17, 15) is 14.3 Å². The van der Waals surface area contributed by atoms with E-state index in [-0.39, 0.29) is 10.3 Å². The van der Waals surface area contributed by atoms with Crippen LogP contribution in [0.1, 0.15) is 10.1 Å². The molecule has 0 amide bonds. The van der Waals surface area contributed by atoms with Gasteiger partial charge in [-0.25, -0.2) is 0 Å². The van der Waals surface area contributed by atoms with Crippen molar-refractivity contribution in [1.29, 1.82) is 0 Å². The lowest BCUT2D eigenvalue weighted by Gasteiger charge is -2.06. The number of non-ortho nitro benzene ring substituents is 1. The van der Waals surface area contributed by atoms with E-state index in [1.807, 2.05) is 0 Å². The van der Waals surface area contributed by atoms with Crippen molar-refractivity contribution in [2.45, 2.75) is 4.58 Å². The first-order valence-electron chi connectivity index (χ1n) is 4.41. The zero-order chi connectivity index (χ0) is 10.8. The molecule has 0 aliphatic carbocycles. The zero-order valence-electron chi connectivity index (χ0n) is 7.79. The molecule has 0 saturated carbocycles. The Bertz CT molecular complexity index is 404. The van der Waals surface area contributed by atoms with Crippen LogP contribution in [0.3, 0.4) is 0 Å². The lowest BCUT2D eigenvalue weighted by molar-refractivity contribution is -0.384. The molecule has 6 heteroatoms. The van der Waals surface area contributed by atoms with Crippen LogP contribution in [0.2, 0.25) is 0 Å². The third-order valence-electron chi connectivity index (χ3n) is 2.17. The van der Waals surface area contributed by atoms with E-state index in [1.54, 1.807) is 23.9 Å².